The lowest BCUT2D eigenvalue weighted by atomic mass is 9.80. The van der Waals surface area contributed by atoms with Crippen molar-refractivity contribution in [2.45, 2.75) is 47.0 Å². The molecule has 8 heteroatoms. The lowest BCUT2D eigenvalue weighted by Gasteiger charge is -2.24. The first kappa shape index (κ1) is 22.5. The fourth-order valence-electron chi connectivity index (χ4n) is 3.53. The molecule has 2 unspecified atom stereocenters. The molecule has 2 aliphatic heterocycles. The molecule has 0 spiro atoms. The molecule has 2 heterocycles. The van der Waals surface area contributed by atoms with E-state index in [0.29, 0.717) is 26.1 Å². The predicted octanol–water partition coefficient (Wildman–Crippen LogP) is 1.23. The van der Waals surface area contributed by atoms with Gasteiger partial charge in [-0.2, -0.15) is 0 Å². The molecule has 158 valence electrons. The van der Waals surface area contributed by atoms with Gasteiger partial charge in [0.2, 0.25) is 23.6 Å². The number of carbonyl (C=O) groups excluding carboxylic acids is 4. The number of hydrogen-bond acceptors (Lipinski definition) is 6. The van der Waals surface area contributed by atoms with Gasteiger partial charge in [-0.15, -0.1) is 0 Å². The van der Waals surface area contributed by atoms with E-state index in [2.05, 4.69) is 0 Å². The third-order valence-electron chi connectivity index (χ3n) is 5.41. The molecule has 0 saturated carbocycles. The number of rotatable bonds is 10. The Balaban J connectivity index is 1.57. The topological polar surface area (TPSA) is 93.2 Å². The van der Waals surface area contributed by atoms with Crippen molar-refractivity contribution in [3.8, 4) is 0 Å². The normalized spacial score (nSPS) is 23.4. The van der Waals surface area contributed by atoms with Gasteiger partial charge in [-0.3, -0.25) is 29.0 Å². The van der Waals surface area contributed by atoms with Crippen LogP contribution in [0.25, 0.3) is 0 Å². The van der Waals surface area contributed by atoms with Crippen LogP contribution in [0.3, 0.4) is 0 Å². The number of hydrogen-bond donors (Lipinski definition) is 0. The summed E-state index contributed by atoms with van der Waals surface area (Å²) in [6.45, 7) is 9.48. The Morgan fingerprint density at radius 1 is 0.821 bits per heavy atom. The van der Waals surface area contributed by atoms with E-state index >= 15 is 0 Å². The maximum atomic E-state index is 12.4. The van der Waals surface area contributed by atoms with E-state index in [1.165, 1.54) is 9.80 Å². The highest BCUT2D eigenvalue weighted by Crippen LogP contribution is 2.35. The molecule has 0 aromatic rings. The lowest BCUT2D eigenvalue weighted by Crippen LogP contribution is -2.36. The summed E-state index contributed by atoms with van der Waals surface area (Å²) in [5, 5.41) is 0. The Morgan fingerprint density at radius 3 is 1.75 bits per heavy atom. The van der Waals surface area contributed by atoms with E-state index in [4.69, 9.17) is 9.47 Å². The summed E-state index contributed by atoms with van der Waals surface area (Å²) < 4.78 is 10.9. The van der Waals surface area contributed by atoms with Gasteiger partial charge in [0, 0.05) is 18.8 Å². The molecular formula is C20H32N2O6. The Labute approximate surface area is 166 Å². The van der Waals surface area contributed by atoms with Crippen molar-refractivity contribution in [1.82, 2.24) is 9.80 Å². The minimum Gasteiger partial charge on any atom is -0.377 e. The van der Waals surface area contributed by atoms with Crippen molar-refractivity contribution in [3.05, 3.63) is 0 Å². The van der Waals surface area contributed by atoms with Crippen LogP contribution in [0.1, 0.15) is 47.0 Å². The van der Waals surface area contributed by atoms with Crippen LogP contribution in [-0.4, -0.2) is 72.9 Å². The molecule has 2 fully saturated rings. The van der Waals surface area contributed by atoms with Crippen LogP contribution in [0.4, 0.5) is 0 Å². The fraction of sp³-hybridized carbons (Fsp3) is 0.800. The number of carbonyl (C=O) groups is 4. The molecule has 2 atom stereocenters. The lowest BCUT2D eigenvalue weighted by molar-refractivity contribution is -0.142. The molecule has 4 amide bonds. The first-order chi connectivity index (χ1) is 13.2. The highest BCUT2D eigenvalue weighted by atomic mass is 16.5. The molecule has 0 bridgehead atoms. The van der Waals surface area contributed by atoms with Gasteiger partial charge in [0.05, 0.1) is 45.4 Å². The zero-order valence-electron chi connectivity index (χ0n) is 17.4. The maximum absolute atomic E-state index is 12.4. The number of imide groups is 2. The maximum Gasteiger partial charge on any atom is 0.233 e. The van der Waals surface area contributed by atoms with Gasteiger partial charge in [-0.1, -0.05) is 27.7 Å². The first-order valence-electron chi connectivity index (χ1n) is 10.0. The van der Waals surface area contributed by atoms with Crippen LogP contribution in [0, 0.1) is 17.3 Å². The Morgan fingerprint density at radius 2 is 1.32 bits per heavy atom. The summed E-state index contributed by atoms with van der Waals surface area (Å²) in [6, 6.07) is 0. The van der Waals surface area contributed by atoms with Crippen molar-refractivity contribution in [2.75, 3.05) is 39.5 Å². The Hall–Kier alpha value is -1.80. The van der Waals surface area contributed by atoms with Crippen LogP contribution in [0.2, 0.25) is 0 Å². The van der Waals surface area contributed by atoms with Crippen LogP contribution in [0.15, 0.2) is 0 Å². The van der Waals surface area contributed by atoms with Crippen molar-refractivity contribution < 1.29 is 28.7 Å². The zero-order valence-corrected chi connectivity index (χ0v) is 17.4. The second-order valence-corrected chi connectivity index (χ2v) is 8.42. The zero-order chi connectivity index (χ0) is 20.9. The van der Waals surface area contributed by atoms with Crippen molar-refractivity contribution >= 4 is 23.6 Å². The molecule has 2 aliphatic rings. The van der Waals surface area contributed by atoms with Gasteiger partial charge in [0.15, 0.2) is 0 Å². The number of likely N-dealkylation sites (tertiary alicyclic amines) is 2. The predicted molar refractivity (Wildman–Crippen MR) is 101 cm³/mol. The van der Waals surface area contributed by atoms with E-state index in [1.807, 2.05) is 27.7 Å². The summed E-state index contributed by atoms with van der Waals surface area (Å²) in [5.41, 5.74) is -0.231. The molecule has 2 rings (SSSR count). The highest BCUT2D eigenvalue weighted by molar-refractivity contribution is 6.04. The van der Waals surface area contributed by atoms with Gasteiger partial charge < -0.3 is 9.47 Å². The van der Waals surface area contributed by atoms with E-state index in [1.54, 1.807) is 0 Å². The largest absolute Gasteiger partial charge is 0.377 e. The Bertz CT molecular complexity index is 612. The summed E-state index contributed by atoms with van der Waals surface area (Å²) in [7, 11) is 0. The molecule has 8 nitrogen and oxygen atoms in total. The Kier molecular flexibility index (Phi) is 7.71. The minimum absolute atomic E-state index is 0.110. The van der Waals surface area contributed by atoms with Crippen LogP contribution >= 0.6 is 0 Å². The van der Waals surface area contributed by atoms with Gasteiger partial charge in [0.25, 0.3) is 0 Å². The van der Waals surface area contributed by atoms with Crippen LogP contribution in [-0.2, 0) is 28.7 Å². The number of amides is 4. The second kappa shape index (κ2) is 9.60. The van der Waals surface area contributed by atoms with Gasteiger partial charge in [-0.25, -0.2) is 0 Å². The smallest absolute Gasteiger partial charge is 0.233 e. The fourth-order valence-corrected chi connectivity index (χ4v) is 3.53. The van der Waals surface area contributed by atoms with E-state index < -0.39 is 0 Å². The average Bonchev–Trinajstić information content (AvgIpc) is 3.06. The van der Waals surface area contributed by atoms with Gasteiger partial charge in [-0.05, 0) is 11.8 Å². The molecule has 0 N–H and O–H groups in total. The minimum atomic E-state index is -0.272. The second-order valence-electron chi connectivity index (χ2n) is 8.42. The molecule has 0 radical (unpaired) electrons. The quantitative estimate of drug-likeness (QED) is 0.407. The molecule has 28 heavy (non-hydrogen) atoms. The van der Waals surface area contributed by atoms with Crippen LogP contribution in [0.5, 0.6) is 0 Å². The summed E-state index contributed by atoms with van der Waals surface area (Å²) in [6.07, 6.45) is 1.23. The summed E-state index contributed by atoms with van der Waals surface area (Å²) >= 11 is 0. The summed E-state index contributed by atoms with van der Waals surface area (Å²) in [4.78, 5) is 50.7. The molecule has 0 aromatic carbocycles. The standard InChI is InChI=1S/C20H32N2O6/c1-5-14-12-16(23)21(18(14)25)6-8-27-10-11-28-9-7-22-17(24)13-15(19(22)26)20(2,3)4/h14-15H,5-13H2,1-4H3. The van der Waals surface area contributed by atoms with Crippen molar-refractivity contribution in [1.29, 1.82) is 0 Å². The van der Waals surface area contributed by atoms with Crippen molar-refractivity contribution in [2.24, 2.45) is 17.3 Å². The van der Waals surface area contributed by atoms with Crippen molar-refractivity contribution in [3.63, 3.8) is 0 Å². The van der Waals surface area contributed by atoms with E-state index in [9.17, 15) is 19.2 Å². The number of nitrogens with zero attached hydrogens (tertiary/aromatic N) is 2. The average molecular weight is 396 g/mol. The highest BCUT2D eigenvalue weighted by Gasteiger charge is 2.44. The van der Waals surface area contributed by atoms with Crippen LogP contribution < -0.4 is 0 Å². The van der Waals surface area contributed by atoms with Gasteiger partial charge >= 0.3 is 0 Å². The first-order valence-corrected chi connectivity index (χ1v) is 10.0. The van der Waals surface area contributed by atoms with E-state index in [0.717, 1.165) is 0 Å². The molecule has 0 aliphatic carbocycles. The number of ether oxygens (including phenoxy) is 2. The molecule has 2 saturated heterocycles. The third kappa shape index (κ3) is 5.38. The third-order valence-corrected chi connectivity index (χ3v) is 5.41. The van der Waals surface area contributed by atoms with Gasteiger partial charge in [0.1, 0.15) is 0 Å². The molecular weight excluding hydrogens is 364 g/mol. The summed E-state index contributed by atoms with van der Waals surface area (Å²) in [5.74, 6) is -0.972. The SMILES string of the molecule is CCC1CC(=O)N(CCOCCOCCN2C(=O)CC(C(C)(C)C)C2=O)C1=O. The monoisotopic (exact) mass is 396 g/mol. The molecule has 0 aromatic heterocycles. The van der Waals surface area contributed by atoms with E-state index in [-0.39, 0.29) is 73.6 Å².